The van der Waals surface area contributed by atoms with E-state index in [0.717, 1.165) is 45.4 Å². The summed E-state index contributed by atoms with van der Waals surface area (Å²) in [4.78, 5) is 5.24. The fourth-order valence-corrected chi connectivity index (χ4v) is 5.00. The predicted molar refractivity (Wildman–Crippen MR) is 93.3 cm³/mol. The van der Waals surface area contributed by atoms with Crippen molar-refractivity contribution >= 4 is 0 Å². The molecule has 0 amide bonds. The molecule has 5 heteroatoms. The summed E-state index contributed by atoms with van der Waals surface area (Å²) in [6.45, 7) is 9.59. The summed E-state index contributed by atoms with van der Waals surface area (Å²) in [6, 6.07) is 0.582. The Labute approximate surface area is 146 Å². The van der Waals surface area contributed by atoms with Crippen LogP contribution in [0.25, 0.3) is 0 Å². The molecule has 0 radical (unpaired) electrons. The van der Waals surface area contributed by atoms with Gasteiger partial charge in [0.15, 0.2) is 0 Å². The van der Waals surface area contributed by atoms with Gasteiger partial charge in [-0.25, -0.2) is 0 Å². The Morgan fingerprint density at radius 2 is 1.75 bits per heavy atom. The Balaban J connectivity index is 1.24. The molecule has 4 rings (SSSR count). The predicted octanol–water partition coefficient (Wildman–Crippen LogP) is 1.76. The zero-order valence-corrected chi connectivity index (χ0v) is 15.0. The third-order valence-electron chi connectivity index (χ3n) is 6.42. The van der Waals surface area contributed by atoms with Crippen molar-refractivity contribution in [2.45, 2.75) is 56.8 Å². The number of ether oxygens (including phenoxy) is 3. The van der Waals surface area contributed by atoms with E-state index in [0.29, 0.717) is 18.2 Å². The lowest BCUT2D eigenvalue weighted by Gasteiger charge is -2.41. The van der Waals surface area contributed by atoms with Gasteiger partial charge in [0.05, 0.1) is 25.4 Å². The second-order valence-corrected chi connectivity index (χ2v) is 7.99. The van der Waals surface area contributed by atoms with E-state index in [4.69, 9.17) is 14.2 Å². The third-order valence-corrected chi connectivity index (χ3v) is 6.42. The summed E-state index contributed by atoms with van der Waals surface area (Å²) in [5.74, 6) is 0.813. The number of fused-ring (bicyclic) bond motifs is 1. The van der Waals surface area contributed by atoms with Crippen molar-refractivity contribution in [3.05, 3.63) is 0 Å². The van der Waals surface area contributed by atoms with Gasteiger partial charge in [-0.15, -0.1) is 0 Å². The van der Waals surface area contributed by atoms with Crippen LogP contribution in [-0.4, -0.2) is 87.2 Å². The third kappa shape index (κ3) is 4.13. The summed E-state index contributed by atoms with van der Waals surface area (Å²) in [6.07, 6.45) is 8.19. The zero-order chi connectivity index (χ0) is 16.2. The molecule has 0 aromatic carbocycles. The maximum absolute atomic E-state index is 6.26. The van der Waals surface area contributed by atoms with Crippen LogP contribution in [0.3, 0.4) is 0 Å². The molecule has 4 fully saturated rings. The minimum Gasteiger partial charge on any atom is -0.381 e. The second kappa shape index (κ2) is 8.45. The van der Waals surface area contributed by atoms with E-state index in [-0.39, 0.29) is 0 Å². The Hall–Kier alpha value is -0.200. The van der Waals surface area contributed by atoms with E-state index >= 15 is 0 Å². The average molecular weight is 338 g/mol. The topological polar surface area (TPSA) is 34.2 Å². The van der Waals surface area contributed by atoms with Gasteiger partial charge in [0.2, 0.25) is 0 Å². The van der Waals surface area contributed by atoms with Crippen LogP contribution in [0.4, 0.5) is 0 Å². The first-order valence-electron chi connectivity index (χ1n) is 10.2. The van der Waals surface area contributed by atoms with E-state index in [9.17, 15) is 0 Å². The van der Waals surface area contributed by atoms with Crippen molar-refractivity contribution in [2.75, 3.05) is 59.2 Å². The van der Waals surface area contributed by atoms with Gasteiger partial charge >= 0.3 is 0 Å². The molecular formula is C19H34N2O3. The van der Waals surface area contributed by atoms with Crippen LogP contribution in [0.15, 0.2) is 0 Å². The fraction of sp³-hybridized carbons (Fsp3) is 1.00. The van der Waals surface area contributed by atoms with Crippen molar-refractivity contribution in [2.24, 2.45) is 5.92 Å². The molecule has 138 valence electrons. The van der Waals surface area contributed by atoms with Gasteiger partial charge in [-0.2, -0.15) is 0 Å². The van der Waals surface area contributed by atoms with Gasteiger partial charge in [-0.1, -0.05) is 0 Å². The molecule has 5 nitrogen and oxygen atoms in total. The summed E-state index contributed by atoms with van der Waals surface area (Å²) >= 11 is 0. The van der Waals surface area contributed by atoms with E-state index in [1.807, 2.05) is 0 Å². The van der Waals surface area contributed by atoms with Gasteiger partial charge in [0.1, 0.15) is 0 Å². The Bertz CT molecular complexity index is 383. The zero-order valence-electron chi connectivity index (χ0n) is 15.0. The van der Waals surface area contributed by atoms with Gasteiger partial charge in [0.25, 0.3) is 0 Å². The first-order chi connectivity index (χ1) is 11.9. The number of morpholine rings is 1. The van der Waals surface area contributed by atoms with Crippen molar-refractivity contribution in [3.8, 4) is 0 Å². The lowest BCUT2D eigenvalue weighted by Crippen LogP contribution is -2.53. The summed E-state index contributed by atoms with van der Waals surface area (Å²) in [5, 5.41) is 0. The van der Waals surface area contributed by atoms with Gasteiger partial charge in [0, 0.05) is 38.9 Å². The Kier molecular flexibility index (Phi) is 6.07. The normalized spacial score (nSPS) is 36.2. The SMILES string of the molecule is C1CCN(CCO[C@H]2CC[C@@H]3[C@@H]2OCCN3CC2CCOCC2)C1. The van der Waals surface area contributed by atoms with Crippen molar-refractivity contribution in [3.63, 3.8) is 0 Å². The largest absolute Gasteiger partial charge is 0.381 e. The Morgan fingerprint density at radius 1 is 0.917 bits per heavy atom. The molecule has 0 aromatic rings. The minimum absolute atomic E-state index is 0.303. The summed E-state index contributed by atoms with van der Waals surface area (Å²) in [5.41, 5.74) is 0. The highest BCUT2D eigenvalue weighted by molar-refractivity contribution is 4.96. The van der Waals surface area contributed by atoms with Crippen LogP contribution in [0.5, 0.6) is 0 Å². The molecule has 0 bridgehead atoms. The molecule has 24 heavy (non-hydrogen) atoms. The molecule has 1 saturated carbocycles. The van der Waals surface area contributed by atoms with Crippen LogP contribution in [0, 0.1) is 5.92 Å². The quantitative estimate of drug-likeness (QED) is 0.737. The molecule has 3 saturated heterocycles. The Morgan fingerprint density at radius 3 is 2.58 bits per heavy atom. The maximum atomic E-state index is 6.26. The molecule has 0 unspecified atom stereocenters. The molecule has 0 spiro atoms. The molecule has 0 N–H and O–H groups in total. The molecule has 3 heterocycles. The van der Waals surface area contributed by atoms with Gasteiger partial charge < -0.3 is 19.1 Å². The van der Waals surface area contributed by atoms with E-state index < -0.39 is 0 Å². The highest BCUT2D eigenvalue weighted by Gasteiger charge is 2.43. The van der Waals surface area contributed by atoms with Crippen LogP contribution >= 0.6 is 0 Å². The molecule has 3 aliphatic heterocycles. The second-order valence-electron chi connectivity index (χ2n) is 7.99. The van der Waals surface area contributed by atoms with Crippen molar-refractivity contribution < 1.29 is 14.2 Å². The van der Waals surface area contributed by atoms with E-state index in [1.165, 1.54) is 58.2 Å². The first kappa shape index (κ1) is 17.2. The van der Waals surface area contributed by atoms with Crippen LogP contribution in [-0.2, 0) is 14.2 Å². The number of rotatable bonds is 6. The van der Waals surface area contributed by atoms with Gasteiger partial charge in [-0.05, 0) is 57.5 Å². The molecular weight excluding hydrogens is 304 g/mol. The average Bonchev–Trinajstić information content (AvgIpc) is 3.27. The number of hydrogen-bond acceptors (Lipinski definition) is 5. The minimum atomic E-state index is 0.303. The lowest BCUT2D eigenvalue weighted by molar-refractivity contribution is -0.118. The van der Waals surface area contributed by atoms with Crippen molar-refractivity contribution in [1.29, 1.82) is 0 Å². The molecule has 3 atom stereocenters. The van der Waals surface area contributed by atoms with Crippen LogP contribution < -0.4 is 0 Å². The number of hydrogen-bond donors (Lipinski definition) is 0. The monoisotopic (exact) mass is 338 g/mol. The van der Waals surface area contributed by atoms with E-state index in [1.54, 1.807) is 0 Å². The standard InChI is InChI=1S/C19H34N2O3/c1-2-8-20(7-1)9-13-23-18-4-3-17-19(18)24-14-10-21(17)15-16-5-11-22-12-6-16/h16-19H,1-15H2/t17-,18+,19+/m1/s1. The molecule has 1 aliphatic carbocycles. The molecule has 4 aliphatic rings. The highest BCUT2D eigenvalue weighted by Crippen LogP contribution is 2.33. The number of nitrogens with zero attached hydrogens (tertiary/aromatic N) is 2. The lowest BCUT2D eigenvalue weighted by atomic mass is 9.98. The van der Waals surface area contributed by atoms with E-state index in [2.05, 4.69) is 9.80 Å². The molecule has 0 aromatic heterocycles. The van der Waals surface area contributed by atoms with Gasteiger partial charge in [-0.3, -0.25) is 4.90 Å². The fourth-order valence-electron chi connectivity index (χ4n) is 5.00. The highest BCUT2D eigenvalue weighted by atomic mass is 16.5. The smallest absolute Gasteiger partial charge is 0.0991 e. The van der Waals surface area contributed by atoms with Crippen molar-refractivity contribution in [1.82, 2.24) is 9.80 Å². The van der Waals surface area contributed by atoms with Crippen LogP contribution in [0.2, 0.25) is 0 Å². The summed E-state index contributed by atoms with van der Waals surface area (Å²) in [7, 11) is 0. The number of likely N-dealkylation sites (tertiary alicyclic amines) is 1. The first-order valence-corrected chi connectivity index (χ1v) is 10.2. The summed E-state index contributed by atoms with van der Waals surface area (Å²) < 4.78 is 17.9. The van der Waals surface area contributed by atoms with Crippen LogP contribution in [0.1, 0.15) is 38.5 Å². The maximum Gasteiger partial charge on any atom is 0.0991 e.